The maximum atomic E-state index is 12.1. The topological polar surface area (TPSA) is 21.3 Å². The first-order valence-electron chi connectivity index (χ1n) is 7.39. The van der Waals surface area contributed by atoms with Gasteiger partial charge in [0.15, 0.2) is 0 Å². The number of alkyl halides is 3. The Morgan fingerprint density at radius 1 is 1.33 bits per heavy atom. The van der Waals surface area contributed by atoms with Crippen molar-refractivity contribution in [2.24, 2.45) is 0 Å². The molecule has 1 N–H and O–H groups in total. The van der Waals surface area contributed by atoms with Crippen LogP contribution in [-0.4, -0.2) is 32.5 Å². The quantitative estimate of drug-likeness (QED) is 0.866. The van der Waals surface area contributed by atoms with E-state index in [1.54, 1.807) is 7.05 Å². The molecule has 2 rings (SSSR count). The zero-order valence-electron chi connectivity index (χ0n) is 12.2. The molecule has 2 unspecified atom stereocenters. The molecule has 0 aliphatic heterocycles. The Morgan fingerprint density at radius 3 is 2.81 bits per heavy atom. The van der Waals surface area contributed by atoms with E-state index >= 15 is 0 Å². The fraction of sp³-hybridized carbons (Fsp3) is 0.625. The number of fused-ring (bicyclic) bond motifs is 1. The summed E-state index contributed by atoms with van der Waals surface area (Å²) in [5.74, 6) is 0.405. The lowest BCUT2D eigenvalue weighted by Gasteiger charge is -2.29. The number of halogens is 3. The minimum Gasteiger partial charge on any atom is -0.370 e. The van der Waals surface area contributed by atoms with E-state index in [0.29, 0.717) is 5.92 Å². The Hall–Kier alpha value is -1.07. The van der Waals surface area contributed by atoms with Crippen molar-refractivity contribution < 1.29 is 17.9 Å². The molecule has 0 saturated carbocycles. The molecule has 0 saturated heterocycles. The number of ether oxygens (including phenoxy) is 1. The molecule has 0 aromatic heterocycles. The van der Waals surface area contributed by atoms with Crippen LogP contribution in [0.25, 0.3) is 0 Å². The molecule has 2 atom stereocenters. The molecular weight excluding hydrogens is 279 g/mol. The third-order valence-electron chi connectivity index (χ3n) is 4.06. The summed E-state index contributed by atoms with van der Waals surface area (Å²) in [6.07, 6.45) is -0.113. The van der Waals surface area contributed by atoms with Crippen LogP contribution in [0.1, 0.15) is 36.3 Å². The van der Waals surface area contributed by atoms with Gasteiger partial charge in [-0.1, -0.05) is 24.3 Å². The van der Waals surface area contributed by atoms with Gasteiger partial charge in [-0.25, -0.2) is 0 Å². The summed E-state index contributed by atoms with van der Waals surface area (Å²) in [7, 11) is 1.77. The first-order chi connectivity index (χ1) is 9.99. The number of hydrogen-bond acceptors (Lipinski definition) is 2. The molecule has 0 bridgehead atoms. The first kappa shape index (κ1) is 16.3. The van der Waals surface area contributed by atoms with Gasteiger partial charge in [0.25, 0.3) is 0 Å². The molecule has 1 aliphatic rings. The van der Waals surface area contributed by atoms with Crippen molar-refractivity contribution in [3.63, 3.8) is 0 Å². The molecule has 1 aliphatic carbocycles. The van der Waals surface area contributed by atoms with Gasteiger partial charge in [-0.3, -0.25) is 0 Å². The summed E-state index contributed by atoms with van der Waals surface area (Å²) >= 11 is 0. The van der Waals surface area contributed by atoms with E-state index in [0.717, 1.165) is 25.7 Å². The normalized spacial score (nSPS) is 20.1. The molecule has 0 radical (unpaired) electrons. The molecule has 1 aromatic rings. The SMILES string of the molecule is CNC(COCC(F)(F)F)CC1CCCc2ccccc21. The van der Waals surface area contributed by atoms with Gasteiger partial charge in [-0.15, -0.1) is 0 Å². The second-order valence-corrected chi connectivity index (χ2v) is 5.64. The van der Waals surface area contributed by atoms with E-state index in [9.17, 15) is 13.2 Å². The highest BCUT2D eigenvalue weighted by atomic mass is 19.4. The largest absolute Gasteiger partial charge is 0.411 e. The lowest BCUT2D eigenvalue weighted by Crippen LogP contribution is -2.34. The summed E-state index contributed by atoms with van der Waals surface area (Å²) in [6.45, 7) is -1.08. The highest BCUT2D eigenvalue weighted by Crippen LogP contribution is 2.34. The van der Waals surface area contributed by atoms with Crippen LogP contribution in [0.2, 0.25) is 0 Å². The molecule has 5 heteroatoms. The van der Waals surface area contributed by atoms with E-state index in [2.05, 4.69) is 17.4 Å². The molecule has 21 heavy (non-hydrogen) atoms. The first-order valence-corrected chi connectivity index (χ1v) is 7.39. The highest BCUT2D eigenvalue weighted by Gasteiger charge is 2.28. The lowest BCUT2D eigenvalue weighted by molar-refractivity contribution is -0.175. The average Bonchev–Trinajstić information content (AvgIpc) is 2.45. The monoisotopic (exact) mass is 301 g/mol. The predicted octanol–water partition coefficient (Wildman–Crippen LogP) is 3.66. The van der Waals surface area contributed by atoms with Crippen molar-refractivity contribution in [2.75, 3.05) is 20.3 Å². The van der Waals surface area contributed by atoms with Crippen LogP contribution >= 0.6 is 0 Å². The Kier molecular flexibility index (Phi) is 5.65. The molecule has 2 nitrogen and oxygen atoms in total. The van der Waals surface area contributed by atoms with Crippen LogP contribution in [0.5, 0.6) is 0 Å². The van der Waals surface area contributed by atoms with E-state index in [4.69, 9.17) is 4.74 Å². The van der Waals surface area contributed by atoms with Gasteiger partial charge >= 0.3 is 6.18 Å². The van der Waals surface area contributed by atoms with Crippen molar-refractivity contribution in [1.29, 1.82) is 0 Å². The zero-order chi connectivity index (χ0) is 15.3. The standard InChI is InChI=1S/C16H22F3NO/c1-20-14(10-21-11-16(17,18)19)9-13-7-4-6-12-5-2-3-8-15(12)13/h2-3,5,8,13-14,20H,4,6-7,9-11H2,1H3. The Bertz CT molecular complexity index is 447. The molecule has 0 amide bonds. The molecule has 0 heterocycles. The summed E-state index contributed by atoms with van der Waals surface area (Å²) < 4.78 is 41.2. The maximum Gasteiger partial charge on any atom is 0.411 e. The van der Waals surface area contributed by atoms with Gasteiger partial charge in [-0.2, -0.15) is 13.2 Å². The summed E-state index contributed by atoms with van der Waals surface area (Å²) in [5.41, 5.74) is 2.72. The summed E-state index contributed by atoms with van der Waals surface area (Å²) in [4.78, 5) is 0. The minimum atomic E-state index is -4.25. The van der Waals surface area contributed by atoms with Crippen molar-refractivity contribution in [1.82, 2.24) is 5.32 Å². The van der Waals surface area contributed by atoms with Crippen molar-refractivity contribution in [3.8, 4) is 0 Å². The number of hydrogen-bond donors (Lipinski definition) is 1. The molecule has 118 valence electrons. The number of benzene rings is 1. The second-order valence-electron chi connectivity index (χ2n) is 5.64. The third-order valence-corrected chi connectivity index (χ3v) is 4.06. The smallest absolute Gasteiger partial charge is 0.370 e. The zero-order valence-corrected chi connectivity index (χ0v) is 12.2. The van der Waals surface area contributed by atoms with E-state index in [1.165, 1.54) is 11.1 Å². The average molecular weight is 301 g/mol. The third kappa shape index (κ3) is 5.00. The number of nitrogens with one attached hydrogen (secondary N) is 1. The van der Waals surface area contributed by atoms with Crippen LogP contribution < -0.4 is 5.32 Å². The van der Waals surface area contributed by atoms with E-state index in [1.807, 2.05) is 12.1 Å². The number of rotatable bonds is 6. The molecular formula is C16H22F3NO. The van der Waals surface area contributed by atoms with Crippen LogP contribution in [0, 0.1) is 0 Å². The Balaban J connectivity index is 1.90. The van der Waals surface area contributed by atoms with Gasteiger partial charge in [0.05, 0.1) is 6.61 Å². The van der Waals surface area contributed by atoms with Gasteiger partial charge in [0.2, 0.25) is 0 Å². The van der Waals surface area contributed by atoms with Gasteiger partial charge in [0, 0.05) is 6.04 Å². The fourth-order valence-corrected chi connectivity index (χ4v) is 3.03. The van der Waals surface area contributed by atoms with Crippen LogP contribution in [0.15, 0.2) is 24.3 Å². The summed E-state index contributed by atoms with van der Waals surface area (Å²) in [5, 5.41) is 3.07. The van der Waals surface area contributed by atoms with E-state index < -0.39 is 12.8 Å². The second kappa shape index (κ2) is 7.27. The van der Waals surface area contributed by atoms with E-state index in [-0.39, 0.29) is 12.6 Å². The molecule has 0 spiro atoms. The Labute approximate surface area is 123 Å². The molecule has 1 aromatic carbocycles. The highest BCUT2D eigenvalue weighted by molar-refractivity contribution is 5.32. The minimum absolute atomic E-state index is 0.0523. The predicted molar refractivity (Wildman–Crippen MR) is 76.5 cm³/mol. The number of aryl methyl sites for hydroxylation is 1. The summed E-state index contributed by atoms with van der Waals surface area (Å²) in [6, 6.07) is 8.32. The fourth-order valence-electron chi connectivity index (χ4n) is 3.03. The Morgan fingerprint density at radius 2 is 2.10 bits per heavy atom. The van der Waals surface area contributed by atoms with Crippen molar-refractivity contribution >= 4 is 0 Å². The van der Waals surface area contributed by atoms with Crippen molar-refractivity contribution in [2.45, 2.75) is 43.8 Å². The maximum absolute atomic E-state index is 12.1. The number of likely N-dealkylation sites (N-methyl/N-ethyl adjacent to an activating group) is 1. The lowest BCUT2D eigenvalue weighted by atomic mass is 9.79. The van der Waals surface area contributed by atoms with Gasteiger partial charge in [0.1, 0.15) is 6.61 Å². The van der Waals surface area contributed by atoms with Gasteiger partial charge < -0.3 is 10.1 Å². The van der Waals surface area contributed by atoms with Crippen LogP contribution in [-0.2, 0) is 11.2 Å². The molecule has 0 fully saturated rings. The van der Waals surface area contributed by atoms with Crippen LogP contribution in [0.4, 0.5) is 13.2 Å². The van der Waals surface area contributed by atoms with Crippen LogP contribution in [0.3, 0.4) is 0 Å². The van der Waals surface area contributed by atoms with Gasteiger partial charge in [-0.05, 0) is 49.8 Å². The van der Waals surface area contributed by atoms with Crippen molar-refractivity contribution in [3.05, 3.63) is 35.4 Å².